The predicted molar refractivity (Wildman–Crippen MR) is 133 cm³/mol. The Labute approximate surface area is 223 Å². The molecule has 1 amide bonds. The summed E-state index contributed by atoms with van der Waals surface area (Å²) < 4.78 is 82.5. The van der Waals surface area contributed by atoms with Crippen molar-refractivity contribution in [3.63, 3.8) is 0 Å². The van der Waals surface area contributed by atoms with Gasteiger partial charge in [0.1, 0.15) is 17.3 Å². The van der Waals surface area contributed by atoms with E-state index in [1.807, 2.05) is 13.0 Å². The first-order valence-electron chi connectivity index (χ1n) is 12.0. The Balaban J connectivity index is 1.68. The lowest BCUT2D eigenvalue weighted by Gasteiger charge is -2.26. The monoisotopic (exact) mass is 564 g/mol. The van der Waals surface area contributed by atoms with Gasteiger partial charge >= 0.3 is 12.4 Å². The number of aryl methyl sites for hydroxylation is 2. The number of amides is 1. The molecule has 0 radical (unpaired) electrons. The van der Waals surface area contributed by atoms with Crippen LogP contribution in [0.5, 0.6) is 0 Å². The van der Waals surface area contributed by atoms with Gasteiger partial charge in [-0.25, -0.2) is 19.6 Å². The zero-order valence-corrected chi connectivity index (χ0v) is 21.4. The van der Waals surface area contributed by atoms with Crippen molar-refractivity contribution in [3.8, 4) is 11.5 Å². The van der Waals surface area contributed by atoms with Crippen LogP contribution < -0.4 is 10.6 Å². The van der Waals surface area contributed by atoms with Gasteiger partial charge in [0, 0.05) is 18.9 Å². The van der Waals surface area contributed by atoms with Crippen LogP contribution >= 0.6 is 0 Å². The molecule has 40 heavy (non-hydrogen) atoms. The highest BCUT2D eigenvalue weighted by Gasteiger charge is 2.63. The van der Waals surface area contributed by atoms with Crippen molar-refractivity contribution in [2.45, 2.75) is 51.5 Å². The number of rotatable bonds is 6. The third kappa shape index (κ3) is 4.69. The molecule has 15 heteroatoms. The molecule has 9 nitrogen and oxygen atoms in total. The van der Waals surface area contributed by atoms with Gasteiger partial charge in [0.15, 0.2) is 16.9 Å². The van der Waals surface area contributed by atoms with E-state index in [-0.39, 0.29) is 18.1 Å². The second-order valence-corrected chi connectivity index (χ2v) is 9.65. The van der Waals surface area contributed by atoms with Gasteiger partial charge in [-0.3, -0.25) is 9.78 Å². The van der Waals surface area contributed by atoms with Crippen molar-refractivity contribution in [2.24, 2.45) is 0 Å². The van der Waals surface area contributed by atoms with E-state index < -0.39 is 53.8 Å². The quantitative estimate of drug-likeness (QED) is 0.314. The van der Waals surface area contributed by atoms with Crippen LogP contribution in [0, 0.1) is 13.8 Å². The molecule has 0 saturated heterocycles. The van der Waals surface area contributed by atoms with E-state index in [1.165, 1.54) is 4.68 Å². The first kappa shape index (κ1) is 27.3. The summed E-state index contributed by atoms with van der Waals surface area (Å²) in [5, 5.41) is 9.51. The number of carbonyl (C=O) groups is 1. The molecule has 0 unspecified atom stereocenters. The molecule has 1 aliphatic heterocycles. The highest BCUT2D eigenvalue weighted by Crippen LogP contribution is 2.50. The molecular formula is C25H22F6N8O. The predicted octanol–water partition coefficient (Wildman–Crippen LogP) is 5.08. The molecular weight excluding hydrogens is 542 g/mol. The number of alkyl halides is 6. The van der Waals surface area contributed by atoms with Crippen LogP contribution in [0.15, 0.2) is 30.6 Å². The molecule has 5 heterocycles. The molecule has 1 atom stereocenters. The SMILES string of the molecule is Cc1cnc2c(c1)c(-c1nc(NCCC(F)(F)F)c3c(n1)NC(=O)[C@@]3(C)C(F)(F)F)nn2Cc1ncccc1C. The van der Waals surface area contributed by atoms with Crippen LogP contribution in [0.25, 0.3) is 22.6 Å². The summed E-state index contributed by atoms with van der Waals surface area (Å²) in [5.41, 5.74) is -0.917. The van der Waals surface area contributed by atoms with Gasteiger partial charge in [-0.2, -0.15) is 31.4 Å². The minimum Gasteiger partial charge on any atom is -0.369 e. The summed E-state index contributed by atoms with van der Waals surface area (Å²) in [4.78, 5) is 29.8. The van der Waals surface area contributed by atoms with Crippen molar-refractivity contribution in [3.05, 3.63) is 53.0 Å². The molecule has 4 aromatic rings. The second kappa shape index (κ2) is 9.41. The van der Waals surface area contributed by atoms with E-state index in [2.05, 4.69) is 35.7 Å². The Hall–Kier alpha value is -4.30. The maximum Gasteiger partial charge on any atom is 0.407 e. The van der Waals surface area contributed by atoms with E-state index in [0.29, 0.717) is 23.7 Å². The zero-order valence-electron chi connectivity index (χ0n) is 21.4. The Kier molecular flexibility index (Phi) is 6.42. The van der Waals surface area contributed by atoms with Gasteiger partial charge in [0.2, 0.25) is 5.91 Å². The Morgan fingerprint density at radius 1 is 1.10 bits per heavy atom. The third-order valence-corrected chi connectivity index (χ3v) is 6.72. The molecule has 5 rings (SSSR count). The Morgan fingerprint density at radius 3 is 2.52 bits per heavy atom. The van der Waals surface area contributed by atoms with Crippen LogP contribution in [0.1, 0.15) is 35.7 Å². The average molecular weight is 564 g/mol. The summed E-state index contributed by atoms with van der Waals surface area (Å²) in [5.74, 6) is -2.63. The minimum atomic E-state index is -5.08. The maximum atomic E-state index is 14.1. The van der Waals surface area contributed by atoms with Gasteiger partial charge in [-0.15, -0.1) is 0 Å². The lowest BCUT2D eigenvalue weighted by Crippen LogP contribution is -2.45. The van der Waals surface area contributed by atoms with Crippen LogP contribution in [0.3, 0.4) is 0 Å². The number of fused-ring (bicyclic) bond motifs is 2. The summed E-state index contributed by atoms with van der Waals surface area (Å²) in [6, 6.07) is 5.38. The van der Waals surface area contributed by atoms with Crippen molar-refractivity contribution < 1.29 is 31.1 Å². The van der Waals surface area contributed by atoms with Crippen LogP contribution in [-0.2, 0) is 16.8 Å². The van der Waals surface area contributed by atoms with Crippen molar-refractivity contribution >= 4 is 28.6 Å². The number of nitrogens with one attached hydrogen (secondary N) is 2. The summed E-state index contributed by atoms with van der Waals surface area (Å²) in [6.45, 7) is 3.71. The van der Waals surface area contributed by atoms with E-state index in [1.54, 1.807) is 31.5 Å². The summed E-state index contributed by atoms with van der Waals surface area (Å²) >= 11 is 0. The number of aromatic nitrogens is 6. The molecule has 0 spiro atoms. The highest BCUT2D eigenvalue weighted by atomic mass is 19.4. The normalized spacial score (nSPS) is 17.3. The zero-order chi connectivity index (χ0) is 29.0. The van der Waals surface area contributed by atoms with Gasteiger partial charge < -0.3 is 10.6 Å². The van der Waals surface area contributed by atoms with Gasteiger partial charge in [0.25, 0.3) is 0 Å². The molecule has 0 saturated carbocycles. The van der Waals surface area contributed by atoms with E-state index >= 15 is 0 Å². The number of halogens is 6. The van der Waals surface area contributed by atoms with Crippen LogP contribution in [0.4, 0.5) is 38.0 Å². The Morgan fingerprint density at radius 2 is 1.85 bits per heavy atom. The molecule has 210 valence electrons. The number of carbonyl (C=O) groups excluding carboxylic acids is 1. The van der Waals surface area contributed by atoms with Crippen molar-refractivity contribution in [1.29, 1.82) is 0 Å². The number of pyridine rings is 2. The van der Waals surface area contributed by atoms with Crippen LogP contribution in [-0.4, -0.2) is 54.5 Å². The fraction of sp³-hybridized carbons (Fsp3) is 0.360. The number of hydrogen-bond acceptors (Lipinski definition) is 7. The van der Waals surface area contributed by atoms with E-state index in [9.17, 15) is 31.1 Å². The van der Waals surface area contributed by atoms with E-state index in [0.717, 1.165) is 11.1 Å². The standard InChI is InChI=1S/C25H22F6N8O/c1-12-9-14-17(38-39(21(14)34-10-12)11-15-13(2)5-4-7-32-15)20-35-18(33-8-6-24(26,27)28)16-19(36-20)37-22(40)23(16,3)25(29,30)31/h4-5,7,9-10H,6,8,11H2,1-3H3,(H2,33,35,36,37,40)/t23-/m0/s1. The topological polar surface area (TPSA) is 111 Å². The summed E-state index contributed by atoms with van der Waals surface area (Å²) in [7, 11) is 0. The fourth-order valence-electron chi connectivity index (χ4n) is 4.46. The maximum absolute atomic E-state index is 14.1. The number of hydrogen-bond donors (Lipinski definition) is 2. The smallest absolute Gasteiger partial charge is 0.369 e. The molecule has 2 N–H and O–H groups in total. The molecule has 0 fully saturated rings. The van der Waals surface area contributed by atoms with Gasteiger partial charge in [0.05, 0.1) is 29.6 Å². The molecule has 0 aliphatic carbocycles. The molecule has 1 aliphatic rings. The first-order chi connectivity index (χ1) is 18.7. The third-order valence-electron chi connectivity index (χ3n) is 6.72. The van der Waals surface area contributed by atoms with Gasteiger partial charge in [-0.1, -0.05) is 6.07 Å². The lowest BCUT2D eigenvalue weighted by atomic mass is 9.83. The van der Waals surface area contributed by atoms with Crippen molar-refractivity contribution in [1.82, 2.24) is 29.7 Å². The largest absolute Gasteiger partial charge is 0.407 e. The molecule has 4 aromatic heterocycles. The van der Waals surface area contributed by atoms with Crippen molar-refractivity contribution in [2.75, 3.05) is 17.2 Å². The number of nitrogens with zero attached hydrogens (tertiary/aromatic N) is 6. The first-order valence-corrected chi connectivity index (χ1v) is 12.0. The number of anilines is 2. The lowest BCUT2D eigenvalue weighted by molar-refractivity contribution is -0.186. The summed E-state index contributed by atoms with van der Waals surface area (Å²) in [6.07, 6.45) is -7.76. The molecule has 0 aromatic carbocycles. The van der Waals surface area contributed by atoms with Gasteiger partial charge in [-0.05, 0) is 44.0 Å². The Bertz CT molecular complexity index is 1630. The average Bonchev–Trinajstić information content (AvgIpc) is 3.34. The minimum absolute atomic E-state index is 0.122. The molecule has 0 bridgehead atoms. The highest BCUT2D eigenvalue weighted by molar-refractivity contribution is 6.07. The fourth-order valence-corrected chi connectivity index (χ4v) is 4.46. The van der Waals surface area contributed by atoms with Crippen LogP contribution in [0.2, 0.25) is 0 Å². The second-order valence-electron chi connectivity index (χ2n) is 9.65. The van der Waals surface area contributed by atoms with E-state index in [4.69, 9.17) is 0 Å².